The second-order valence-corrected chi connectivity index (χ2v) is 6.90. The van der Waals surface area contributed by atoms with Crippen molar-refractivity contribution in [2.45, 2.75) is 44.8 Å². The van der Waals surface area contributed by atoms with E-state index in [0.29, 0.717) is 12.6 Å². The molecule has 2 aliphatic rings. The zero-order chi connectivity index (χ0) is 15.7. The molecule has 0 heterocycles. The Morgan fingerprint density at radius 1 is 1.32 bits per heavy atom. The third kappa shape index (κ3) is 3.15. The predicted molar refractivity (Wildman–Crippen MR) is 84.5 cm³/mol. The first-order valence-corrected chi connectivity index (χ1v) is 8.20. The molecule has 5 unspecified atom stereocenters. The van der Waals surface area contributed by atoms with E-state index in [4.69, 9.17) is 0 Å². The van der Waals surface area contributed by atoms with Crippen molar-refractivity contribution in [1.82, 2.24) is 5.32 Å². The van der Waals surface area contributed by atoms with Crippen molar-refractivity contribution in [1.29, 1.82) is 0 Å². The monoisotopic (exact) mass is 304 g/mol. The summed E-state index contributed by atoms with van der Waals surface area (Å²) < 4.78 is 0. The van der Waals surface area contributed by atoms with Crippen LogP contribution >= 0.6 is 0 Å². The van der Waals surface area contributed by atoms with E-state index in [-0.39, 0.29) is 5.69 Å². The quantitative estimate of drug-likeness (QED) is 0.625. The first kappa shape index (κ1) is 15.4. The van der Waals surface area contributed by atoms with Crippen molar-refractivity contribution in [3.05, 3.63) is 39.9 Å². The number of rotatable bonds is 6. The van der Waals surface area contributed by atoms with E-state index >= 15 is 0 Å². The summed E-state index contributed by atoms with van der Waals surface area (Å²) in [5, 5.41) is 24.3. The van der Waals surface area contributed by atoms with Crippen LogP contribution in [-0.4, -0.2) is 22.6 Å². The smallest absolute Gasteiger partial charge is 0.269 e. The fourth-order valence-electron chi connectivity index (χ4n) is 4.29. The Balaban J connectivity index is 1.51. The molecular formula is C17H24N2O3. The summed E-state index contributed by atoms with van der Waals surface area (Å²) in [5.41, 5.74) is 0.775. The second-order valence-electron chi connectivity index (χ2n) is 6.90. The largest absolute Gasteiger partial charge is 0.387 e. The van der Waals surface area contributed by atoms with E-state index < -0.39 is 11.0 Å². The van der Waals surface area contributed by atoms with Gasteiger partial charge < -0.3 is 10.4 Å². The maximum Gasteiger partial charge on any atom is 0.269 e. The Morgan fingerprint density at radius 3 is 2.59 bits per heavy atom. The summed E-state index contributed by atoms with van der Waals surface area (Å²) in [6, 6.07) is 6.57. The Kier molecular flexibility index (Phi) is 4.45. The first-order chi connectivity index (χ1) is 10.5. The lowest BCUT2D eigenvalue weighted by atomic mass is 9.84. The van der Waals surface area contributed by atoms with Gasteiger partial charge in [-0.2, -0.15) is 0 Å². The normalized spacial score (nSPS) is 29.5. The molecule has 0 spiro atoms. The molecule has 22 heavy (non-hydrogen) atoms. The van der Waals surface area contributed by atoms with Crippen molar-refractivity contribution in [3.8, 4) is 0 Å². The Hall–Kier alpha value is -1.46. The minimum absolute atomic E-state index is 0.0549. The van der Waals surface area contributed by atoms with Gasteiger partial charge in [0.05, 0.1) is 11.0 Å². The van der Waals surface area contributed by atoms with Crippen molar-refractivity contribution in [2.24, 2.45) is 17.8 Å². The van der Waals surface area contributed by atoms with Gasteiger partial charge in [0, 0.05) is 24.7 Å². The SMILES string of the molecule is CC(NCC(O)c1ccc([N+](=O)[O-])cc1)C1CC2CCC1C2. The maximum atomic E-state index is 10.6. The molecule has 2 N–H and O–H groups in total. The zero-order valence-corrected chi connectivity index (χ0v) is 12.9. The number of hydrogen-bond acceptors (Lipinski definition) is 4. The van der Waals surface area contributed by atoms with Crippen molar-refractivity contribution in [2.75, 3.05) is 6.54 Å². The summed E-state index contributed by atoms with van der Waals surface area (Å²) in [5.74, 6) is 2.53. The zero-order valence-electron chi connectivity index (χ0n) is 12.9. The lowest BCUT2D eigenvalue weighted by molar-refractivity contribution is -0.384. The number of non-ortho nitro benzene ring substituents is 1. The summed E-state index contributed by atoms with van der Waals surface area (Å²) >= 11 is 0. The standard InChI is InChI=1S/C17H24N2O3/c1-11(16-9-12-2-3-14(16)8-12)18-10-17(20)13-4-6-15(7-5-13)19(21)22/h4-7,11-12,14,16-18,20H,2-3,8-10H2,1H3. The molecule has 0 amide bonds. The van der Waals surface area contributed by atoms with Crippen molar-refractivity contribution >= 4 is 5.69 Å². The maximum absolute atomic E-state index is 10.6. The number of fused-ring (bicyclic) bond motifs is 2. The van der Waals surface area contributed by atoms with Crippen LogP contribution in [0, 0.1) is 27.9 Å². The van der Waals surface area contributed by atoms with Crippen LogP contribution in [0.1, 0.15) is 44.3 Å². The number of aliphatic hydroxyl groups is 1. The minimum Gasteiger partial charge on any atom is -0.387 e. The van der Waals surface area contributed by atoms with Gasteiger partial charge in [0.2, 0.25) is 0 Å². The minimum atomic E-state index is -0.623. The van der Waals surface area contributed by atoms with Gasteiger partial charge in [0.15, 0.2) is 0 Å². The van der Waals surface area contributed by atoms with Crippen LogP contribution in [0.25, 0.3) is 0 Å². The third-order valence-corrected chi connectivity index (χ3v) is 5.56. The molecule has 0 saturated heterocycles. The summed E-state index contributed by atoms with van der Waals surface area (Å²) in [4.78, 5) is 10.2. The molecule has 1 aromatic rings. The molecule has 2 saturated carbocycles. The van der Waals surface area contributed by atoms with Crippen LogP contribution in [0.5, 0.6) is 0 Å². The van der Waals surface area contributed by atoms with Crippen LogP contribution in [0.15, 0.2) is 24.3 Å². The van der Waals surface area contributed by atoms with Crippen LogP contribution in [0.3, 0.4) is 0 Å². The van der Waals surface area contributed by atoms with Crippen molar-refractivity contribution < 1.29 is 10.0 Å². The lowest BCUT2D eigenvalue weighted by Crippen LogP contribution is -2.38. The molecule has 1 aromatic carbocycles. The fraction of sp³-hybridized carbons (Fsp3) is 0.647. The molecule has 2 aliphatic carbocycles. The molecule has 2 fully saturated rings. The summed E-state index contributed by atoms with van der Waals surface area (Å²) in [6.07, 6.45) is 4.86. The highest BCUT2D eigenvalue weighted by Gasteiger charge is 2.41. The Labute approximate surface area is 130 Å². The average molecular weight is 304 g/mol. The van der Waals surface area contributed by atoms with Gasteiger partial charge in [-0.3, -0.25) is 10.1 Å². The highest BCUT2D eigenvalue weighted by atomic mass is 16.6. The average Bonchev–Trinajstić information content (AvgIpc) is 3.15. The molecule has 5 atom stereocenters. The van der Waals surface area contributed by atoms with Gasteiger partial charge in [0.25, 0.3) is 5.69 Å². The van der Waals surface area contributed by atoms with Crippen LogP contribution in [0.2, 0.25) is 0 Å². The number of nitrogens with zero attached hydrogens (tertiary/aromatic N) is 1. The highest BCUT2D eigenvalue weighted by Crippen LogP contribution is 2.49. The second kappa shape index (κ2) is 6.34. The van der Waals surface area contributed by atoms with Crippen LogP contribution in [-0.2, 0) is 0 Å². The van der Waals surface area contributed by atoms with Gasteiger partial charge in [-0.25, -0.2) is 0 Å². The van der Waals surface area contributed by atoms with Gasteiger partial charge in [-0.1, -0.05) is 6.42 Å². The van der Waals surface area contributed by atoms with E-state index in [1.807, 2.05) is 0 Å². The van der Waals surface area contributed by atoms with Gasteiger partial charge >= 0.3 is 0 Å². The van der Waals surface area contributed by atoms with E-state index in [0.717, 1.165) is 23.3 Å². The number of nitro benzene ring substituents is 1. The fourth-order valence-corrected chi connectivity index (χ4v) is 4.29. The lowest BCUT2D eigenvalue weighted by Gasteiger charge is -2.29. The Morgan fingerprint density at radius 2 is 2.05 bits per heavy atom. The molecule has 0 aromatic heterocycles. The third-order valence-electron chi connectivity index (χ3n) is 5.56. The number of benzene rings is 1. The van der Waals surface area contributed by atoms with E-state index in [2.05, 4.69) is 12.2 Å². The molecule has 5 nitrogen and oxygen atoms in total. The predicted octanol–water partition coefficient (Wildman–Crippen LogP) is 3.04. The first-order valence-electron chi connectivity index (χ1n) is 8.20. The van der Waals surface area contributed by atoms with E-state index in [9.17, 15) is 15.2 Å². The molecule has 5 heteroatoms. The molecule has 2 bridgehead atoms. The van der Waals surface area contributed by atoms with Crippen LogP contribution in [0.4, 0.5) is 5.69 Å². The number of aliphatic hydroxyl groups excluding tert-OH is 1. The van der Waals surface area contributed by atoms with Gasteiger partial charge in [-0.05, 0) is 61.6 Å². The number of nitrogens with one attached hydrogen (secondary N) is 1. The summed E-state index contributed by atoms with van der Waals surface area (Å²) in [6.45, 7) is 2.71. The van der Waals surface area contributed by atoms with Crippen LogP contribution < -0.4 is 5.32 Å². The van der Waals surface area contributed by atoms with Crippen molar-refractivity contribution in [3.63, 3.8) is 0 Å². The Bertz CT molecular complexity index is 531. The number of hydrogen-bond donors (Lipinski definition) is 2. The molecule has 0 aliphatic heterocycles. The number of nitro groups is 1. The molecule has 0 radical (unpaired) electrons. The van der Waals surface area contributed by atoms with Gasteiger partial charge in [-0.15, -0.1) is 0 Å². The van der Waals surface area contributed by atoms with Gasteiger partial charge in [0.1, 0.15) is 0 Å². The summed E-state index contributed by atoms with van der Waals surface area (Å²) in [7, 11) is 0. The van der Waals surface area contributed by atoms with E-state index in [1.54, 1.807) is 12.1 Å². The topological polar surface area (TPSA) is 75.4 Å². The van der Waals surface area contributed by atoms with E-state index in [1.165, 1.54) is 37.8 Å². The molecule has 3 rings (SSSR count). The molecule has 120 valence electrons. The molecular weight excluding hydrogens is 280 g/mol. The highest BCUT2D eigenvalue weighted by molar-refractivity contribution is 5.33.